The third-order valence-electron chi connectivity index (χ3n) is 2.75. The van der Waals surface area contributed by atoms with Gasteiger partial charge in [0.05, 0.1) is 11.0 Å². The smallest absolute Gasteiger partial charge is 0.285 e. The summed E-state index contributed by atoms with van der Waals surface area (Å²) in [4.78, 5) is 21.8. The van der Waals surface area contributed by atoms with Crippen LogP contribution in [0.4, 0.5) is 10.1 Å². The van der Waals surface area contributed by atoms with Gasteiger partial charge in [-0.15, -0.1) is 11.6 Å². The van der Waals surface area contributed by atoms with Crippen molar-refractivity contribution in [2.45, 2.75) is 25.7 Å². The fourth-order valence-electron chi connectivity index (χ4n) is 1.72. The van der Waals surface area contributed by atoms with Crippen molar-refractivity contribution in [2.75, 3.05) is 12.4 Å². The lowest BCUT2D eigenvalue weighted by molar-refractivity contribution is -0.385. The molecule has 0 radical (unpaired) electrons. The second-order valence-electron chi connectivity index (χ2n) is 4.28. The minimum atomic E-state index is -0.765. The largest absolute Gasteiger partial charge is 0.352 e. The SMILES string of the molecule is O=C(NCCCCCCCl)c1ccc(F)cc1[N+](=O)[O-]. The van der Waals surface area contributed by atoms with E-state index in [-0.39, 0.29) is 5.56 Å². The van der Waals surface area contributed by atoms with Gasteiger partial charge in [0.2, 0.25) is 0 Å². The van der Waals surface area contributed by atoms with E-state index in [1.807, 2.05) is 0 Å². The Morgan fingerprint density at radius 2 is 2.00 bits per heavy atom. The predicted octanol–water partition coefficient (Wildman–Crippen LogP) is 3.26. The van der Waals surface area contributed by atoms with Gasteiger partial charge in [0, 0.05) is 12.4 Å². The van der Waals surface area contributed by atoms with E-state index in [0.29, 0.717) is 12.4 Å². The molecule has 0 aliphatic carbocycles. The summed E-state index contributed by atoms with van der Waals surface area (Å²) in [5.41, 5.74) is -0.651. The zero-order chi connectivity index (χ0) is 15.0. The number of carbonyl (C=O) groups is 1. The quantitative estimate of drug-likeness (QED) is 0.347. The third-order valence-corrected chi connectivity index (χ3v) is 3.01. The Morgan fingerprint density at radius 3 is 2.65 bits per heavy atom. The first-order valence-electron chi connectivity index (χ1n) is 6.34. The average Bonchev–Trinajstić information content (AvgIpc) is 2.42. The molecule has 1 amide bonds. The number of rotatable bonds is 8. The number of benzene rings is 1. The van der Waals surface area contributed by atoms with Crippen molar-refractivity contribution in [3.05, 3.63) is 39.7 Å². The first-order chi connectivity index (χ1) is 9.56. The number of nitro groups is 1. The summed E-state index contributed by atoms with van der Waals surface area (Å²) in [6.07, 6.45) is 3.62. The second kappa shape index (κ2) is 8.47. The molecule has 1 aromatic rings. The van der Waals surface area contributed by atoms with Gasteiger partial charge in [0.15, 0.2) is 0 Å². The van der Waals surface area contributed by atoms with Gasteiger partial charge in [0.25, 0.3) is 11.6 Å². The number of amides is 1. The first-order valence-corrected chi connectivity index (χ1v) is 6.88. The number of alkyl halides is 1. The van der Waals surface area contributed by atoms with Gasteiger partial charge in [-0.05, 0) is 25.0 Å². The molecule has 0 aliphatic heterocycles. The van der Waals surface area contributed by atoms with Crippen LogP contribution in [0.15, 0.2) is 18.2 Å². The highest BCUT2D eigenvalue weighted by Gasteiger charge is 2.20. The van der Waals surface area contributed by atoms with Crippen LogP contribution in [-0.2, 0) is 0 Å². The zero-order valence-electron chi connectivity index (χ0n) is 10.9. The van der Waals surface area contributed by atoms with Crippen LogP contribution < -0.4 is 5.32 Å². The van der Waals surface area contributed by atoms with Crippen LogP contribution in [-0.4, -0.2) is 23.3 Å². The summed E-state index contributed by atoms with van der Waals surface area (Å²) in [7, 11) is 0. The number of hydrogen-bond acceptors (Lipinski definition) is 3. The fraction of sp³-hybridized carbons (Fsp3) is 0.462. The van der Waals surface area contributed by atoms with E-state index in [1.54, 1.807) is 0 Å². The van der Waals surface area contributed by atoms with E-state index in [2.05, 4.69) is 5.32 Å². The highest BCUT2D eigenvalue weighted by atomic mass is 35.5. The average molecular weight is 303 g/mol. The Hall–Kier alpha value is -1.69. The molecule has 20 heavy (non-hydrogen) atoms. The molecule has 0 aromatic heterocycles. The van der Waals surface area contributed by atoms with Crippen molar-refractivity contribution in [1.29, 1.82) is 0 Å². The summed E-state index contributed by atoms with van der Waals surface area (Å²) >= 11 is 5.54. The second-order valence-corrected chi connectivity index (χ2v) is 4.66. The number of hydrogen-bond donors (Lipinski definition) is 1. The van der Waals surface area contributed by atoms with Gasteiger partial charge in [-0.3, -0.25) is 14.9 Å². The number of nitrogens with one attached hydrogen (secondary N) is 1. The fourth-order valence-corrected chi connectivity index (χ4v) is 1.91. The number of halogens is 2. The lowest BCUT2D eigenvalue weighted by Crippen LogP contribution is -2.25. The number of carbonyl (C=O) groups excluding carboxylic acids is 1. The Kier molecular flexibility index (Phi) is 6.93. The summed E-state index contributed by atoms with van der Waals surface area (Å²) in [5.74, 6) is -0.683. The van der Waals surface area contributed by atoms with Crippen molar-refractivity contribution in [1.82, 2.24) is 5.32 Å². The topological polar surface area (TPSA) is 72.2 Å². The molecule has 1 N–H and O–H groups in total. The van der Waals surface area contributed by atoms with Gasteiger partial charge >= 0.3 is 0 Å². The van der Waals surface area contributed by atoms with Crippen LogP contribution in [0.25, 0.3) is 0 Å². The van der Waals surface area contributed by atoms with Crippen molar-refractivity contribution < 1.29 is 14.1 Å². The normalized spacial score (nSPS) is 10.3. The minimum Gasteiger partial charge on any atom is -0.352 e. The standard InChI is InChI=1S/C13H16ClFN2O3/c14-7-3-1-2-4-8-16-13(18)11-6-5-10(15)9-12(11)17(19)20/h5-6,9H,1-4,7-8H2,(H,16,18). The maximum Gasteiger partial charge on any atom is 0.285 e. The highest BCUT2D eigenvalue weighted by Crippen LogP contribution is 2.19. The molecule has 110 valence electrons. The maximum atomic E-state index is 12.9. The van der Waals surface area contributed by atoms with E-state index in [1.165, 1.54) is 0 Å². The van der Waals surface area contributed by atoms with Gasteiger partial charge in [-0.2, -0.15) is 0 Å². The van der Waals surface area contributed by atoms with Gasteiger partial charge < -0.3 is 5.32 Å². The van der Waals surface area contributed by atoms with E-state index < -0.39 is 22.3 Å². The first kappa shape index (κ1) is 16.4. The summed E-state index contributed by atoms with van der Waals surface area (Å²) in [6, 6.07) is 2.90. The Labute approximate surface area is 121 Å². The van der Waals surface area contributed by atoms with Crippen LogP contribution in [0.5, 0.6) is 0 Å². The summed E-state index contributed by atoms with van der Waals surface area (Å²) in [6.45, 7) is 0.426. The van der Waals surface area contributed by atoms with Crippen molar-refractivity contribution in [3.63, 3.8) is 0 Å². The number of unbranched alkanes of at least 4 members (excludes halogenated alkanes) is 3. The molecule has 0 bridgehead atoms. The minimum absolute atomic E-state index is 0.128. The van der Waals surface area contributed by atoms with E-state index in [9.17, 15) is 19.3 Å². The van der Waals surface area contributed by atoms with E-state index >= 15 is 0 Å². The van der Waals surface area contributed by atoms with Gasteiger partial charge in [0.1, 0.15) is 11.4 Å². The molecule has 1 rings (SSSR count). The van der Waals surface area contributed by atoms with Crippen LogP contribution in [0.3, 0.4) is 0 Å². The Morgan fingerprint density at radius 1 is 1.30 bits per heavy atom. The molecule has 0 fully saturated rings. The highest BCUT2D eigenvalue weighted by molar-refractivity contribution is 6.17. The molecule has 0 aliphatic rings. The van der Waals surface area contributed by atoms with E-state index in [0.717, 1.165) is 43.9 Å². The molecule has 5 nitrogen and oxygen atoms in total. The molecule has 0 spiro atoms. The van der Waals surface area contributed by atoms with Crippen molar-refractivity contribution >= 4 is 23.2 Å². The molecule has 7 heteroatoms. The lowest BCUT2D eigenvalue weighted by Gasteiger charge is -2.05. The van der Waals surface area contributed by atoms with Crippen molar-refractivity contribution in [2.24, 2.45) is 0 Å². The zero-order valence-corrected chi connectivity index (χ0v) is 11.7. The van der Waals surface area contributed by atoms with Gasteiger partial charge in [-0.1, -0.05) is 12.8 Å². The third kappa shape index (κ3) is 5.13. The molecule has 0 saturated carbocycles. The predicted molar refractivity (Wildman–Crippen MR) is 74.6 cm³/mol. The lowest BCUT2D eigenvalue weighted by atomic mass is 10.1. The molecular formula is C13H16ClFN2O3. The molecule has 0 unspecified atom stereocenters. The Balaban J connectivity index is 2.53. The summed E-state index contributed by atoms with van der Waals surface area (Å²) < 4.78 is 12.9. The monoisotopic (exact) mass is 302 g/mol. The molecule has 1 aromatic carbocycles. The van der Waals surface area contributed by atoms with E-state index in [4.69, 9.17) is 11.6 Å². The molecular weight excluding hydrogens is 287 g/mol. The van der Waals surface area contributed by atoms with Crippen LogP contribution in [0.2, 0.25) is 0 Å². The summed E-state index contributed by atoms with van der Waals surface area (Å²) in [5, 5.41) is 13.4. The maximum absolute atomic E-state index is 12.9. The molecule has 0 heterocycles. The molecule has 0 saturated heterocycles. The van der Waals surface area contributed by atoms with Crippen molar-refractivity contribution in [3.8, 4) is 0 Å². The number of nitrogens with zero attached hydrogens (tertiary/aromatic N) is 1. The van der Waals surface area contributed by atoms with Crippen LogP contribution >= 0.6 is 11.6 Å². The van der Waals surface area contributed by atoms with Crippen LogP contribution in [0, 0.1) is 15.9 Å². The Bertz CT molecular complexity index is 483. The van der Waals surface area contributed by atoms with Gasteiger partial charge in [-0.25, -0.2) is 4.39 Å². The van der Waals surface area contributed by atoms with Crippen LogP contribution in [0.1, 0.15) is 36.0 Å². The molecule has 0 atom stereocenters. The number of nitro benzene ring substituents is 1.